The first-order chi connectivity index (χ1) is 9.63. The first-order valence-electron chi connectivity index (χ1n) is 6.46. The predicted octanol–water partition coefficient (Wildman–Crippen LogP) is 1.12. The molecule has 0 aliphatic carbocycles. The minimum Gasteiger partial charge on any atom is -0.468 e. The summed E-state index contributed by atoms with van der Waals surface area (Å²) in [4.78, 5) is 25.3. The second kappa shape index (κ2) is 6.31. The third kappa shape index (κ3) is 3.22. The van der Waals surface area contributed by atoms with Crippen molar-refractivity contribution in [2.45, 2.75) is 13.0 Å². The average Bonchev–Trinajstić information content (AvgIpc) is 2.48. The number of nitrogens with zero attached hydrogens (tertiary/aromatic N) is 2. The number of methoxy groups -OCH3 is 1. The van der Waals surface area contributed by atoms with Crippen LogP contribution in [0.5, 0.6) is 0 Å². The summed E-state index contributed by atoms with van der Waals surface area (Å²) in [5.74, 6) is -1.21. The summed E-state index contributed by atoms with van der Waals surface area (Å²) in [6, 6.07) is 9.44. The fourth-order valence-electron chi connectivity index (χ4n) is 2.38. The zero-order chi connectivity index (χ0) is 14.5. The van der Waals surface area contributed by atoms with Gasteiger partial charge in [0.1, 0.15) is 11.7 Å². The van der Waals surface area contributed by atoms with Gasteiger partial charge in [0.25, 0.3) is 0 Å². The zero-order valence-corrected chi connectivity index (χ0v) is 11.3. The molecule has 1 atom stereocenters. The molecular formula is C15H16N2O3. The van der Waals surface area contributed by atoms with E-state index in [-0.39, 0.29) is 5.78 Å². The van der Waals surface area contributed by atoms with Gasteiger partial charge < -0.3 is 4.74 Å². The Balaban J connectivity index is 2.05. The largest absolute Gasteiger partial charge is 0.468 e. The molecule has 1 fully saturated rings. The second-order valence-electron chi connectivity index (χ2n) is 4.84. The van der Waals surface area contributed by atoms with Gasteiger partial charge in [-0.05, 0) is 17.7 Å². The Morgan fingerprint density at radius 3 is 3.05 bits per heavy atom. The summed E-state index contributed by atoms with van der Waals surface area (Å²) >= 11 is 0. The molecule has 0 aromatic heterocycles. The average molecular weight is 272 g/mol. The van der Waals surface area contributed by atoms with Crippen LogP contribution in [-0.2, 0) is 20.9 Å². The topological polar surface area (TPSA) is 70.4 Å². The lowest BCUT2D eigenvalue weighted by atomic mass is 9.96. The molecule has 5 heteroatoms. The molecule has 2 rings (SSSR count). The molecule has 1 aliphatic rings. The monoisotopic (exact) mass is 272 g/mol. The maximum atomic E-state index is 11.7. The molecule has 0 saturated carbocycles. The highest BCUT2D eigenvalue weighted by Gasteiger charge is 2.33. The van der Waals surface area contributed by atoms with Crippen LogP contribution in [0.1, 0.15) is 17.5 Å². The van der Waals surface area contributed by atoms with Gasteiger partial charge in [-0.1, -0.05) is 12.1 Å². The zero-order valence-electron chi connectivity index (χ0n) is 11.3. The van der Waals surface area contributed by atoms with Gasteiger partial charge in [-0.3, -0.25) is 14.5 Å². The minimum atomic E-state index is -0.687. The van der Waals surface area contributed by atoms with Crippen LogP contribution in [0.3, 0.4) is 0 Å². The van der Waals surface area contributed by atoms with E-state index in [1.807, 2.05) is 23.1 Å². The Hall–Kier alpha value is -2.19. The summed E-state index contributed by atoms with van der Waals surface area (Å²) in [7, 11) is 1.30. The number of esters is 1. The number of hydrogen-bond acceptors (Lipinski definition) is 5. The fraction of sp³-hybridized carbons (Fsp3) is 0.400. The summed E-state index contributed by atoms with van der Waals surface area (Å²) in [5, 5.41) is 8.88. The van der Waals surface area contributed by atoms with Crippen molar-refractivity contribution in [1.82, 2.24) is 4.90 Å². The number of ketones is 1. The molecule has 0 radical (unpaired) electrons. The molecule has 0 bridgehead atoms. The molecule has 0 N–H and O–H groups in total. The van der Waals surface area contributed by atoms with E-state index in [9.17, 15) is 9.59 Å². The highest BCUT2D eigenvalue weighted by atomic mass is 16.5. The standard InChI is InChI=1S/C15H16N2O3/c1-20-15(19)13-10-17(6-5-14(13)18)9-12-4-2-3-11(7-12)8-16/h2-4,7,13H,5-6,9-10H2,1H3. The van der Waals surface area contributed by atoms with E-state index in [0.29, 0.717) is 31.6 Å². The molecule has 0 spiro atoms. The fourth-order valence-corrected chi connectivity index (χ4v) is 2.38. The van der Waals surface area contributed by atoms with Crippen LogP contribution in [0.25, 0.3) is 0 Å². The number of piperidine rings is 1. The van der Waals surface area contributed by atoms with Crippen molar-refractivity contribution in [2.75, 3.05) is 20.2 Å². The van der Waals surface area contributed by atoms with Crippen molar-refractivity contribution >= 4 is 11.8 Å². The minimum absolute atomic E-state index is 0.0566. The third-order valence-electron chi connectivity index (χ3n) is 3.45. The van der Waals surface area contributed by atoms with Gasteiger partial charge in [0.15, 0.2) is 0 Å². The molecule has 0 amide bonds. The SMILES string of the molecule is COC(=O)C1CN(Cc2cccc(C#N)c2)CCC1=O. The first-order valence-corrected chi connectivity index (χ1v) is 6.46. The number of benzene rings is 1. The van der Waals surface area contributed by atoms with E-state index in [0.717, 1.165) is 5.56 Å². The summed E-state index contributed by atoms with van der Waals surface area (Å²) in [5.41, 5.74) is 1.61. The van der Waals surface area contributed by atoms with Crippen LogP contribution in [0.15, 0.2) is 24.3 Å². The Bertz CT molecular complexity index is 554. The normalized spacial score (nSPS) is 19.4. The van der Waals surface area contributed by atoms with E-state index in [4.69, 9.17) is 5.26 Å². The number of likely N-dealkylation sites (tertiary alicyclic amines) is 1. The number of carbonyl (C=O) groups excluding carboxylic acids is 2. The molecule has 1 aliphatic heterocycles. The number of carbonyl (C=O) groups is 2. The van der Waals surface area contributed by atoms with Crippen LogP contribution < -0.4 is 0 Å². The third-order valence-corrected chi connectivity index (χ3v) is 3.45. The number of Topliss-reactive ketones (excluding diaryl/α,β-unsaturated/α-hetero) is 1. The van der Waals surface area contributed by atoms with E-state index in [2.05, 4.69) is 10.8 Å². The summed E-state index contributed by atoms with van der Waals surface area (Å²) in [6.45, 7) is 1.63. The highest BCUT2D eigenvalue weighted by molar-refractivity contribution is 5.99. The Kier molecular flexibility index (Phi) is 4.49. The number of nitriles is 1. The molecule has 1 heterocycles. The van der Waals surface area contributed by atoms with Crippen LogP contribution in [0.4, 0.5) is 0 Å². The maximum Gasteiger partial charge on any atom is 0.317 e. The molecule has 20 heavy (non-hydrogen) atoms. The number of hydrogen-bond donors (Lipinski definition) is 0. The first kappa shape index (κ1) is 14.2. The number of rotatable bonds is 3. The lowest BCUT2D eigenvalue weighted by Gasteiger charge is -2.30. The molecule has 1 unspecified atom stereocenters. The van der Waals surface area contributed by atoms with E-state index < -0.39 is 11.9 Å². The van der Waals surface area contributed by atoms with Crippen LogP contribution in [0, 0.1) is 17.2 Å². The quantitative estimate of drug-likeness (QED) is 0.609. The van der Waals surface area contributed by atoms with Crippen molar-refractivity contribution in [2.24, 2.45) is 5.92 Å². The van der Waals surface area contributed by atoms with Gasteiger partial charge in [0.2, 0.25) is 0 Å². The van der Waals surface area contributed by atoms with Crippen LogP contribution >= 0.6 is 0 Å². The van der Waals surface area contributed by atoms with Crippen LogP contribution in [-0.4, -0.2) is 36.9 Å². The molecule has 5 nitrogen and oxygen atoms in total. The van der Waals surface area contributed by atoms with E-state index in [1.165, 1.54) is 7.11 Å². The predicted molar refractivity (Wildman–Crippen MR) is 71.6 cm³/mol. The van der Waals surface area contributed by atoms with Gasteiger partial charge >= 0.3 is 5.97 Å². The Morgan fingerprint density at radius 1 is 1.55 bits per heavy atom. The van der Waals surface area contributed by atoms with E-state index in [1.54, 1.807) is 6.07 Å². The summed E-state index contributed by atoms with van der Waals surface area (Å²) < 4.78 is 4.67. The smallest absolute Gasteiger partial charge is 0.317 e. The lowest BCUT2D eigenvalue weighted by Crippen LogP contribution is -2.44. The van der Waals surface area contributed by atoms with Gasteiger partial charge in [-0.2, -0.15) is 5.26 Å². The van der Waals surface area contributed by atoms with Gasteiger partial charge in [0, 0.05) is 26.1 Å². The summed E-state index contributed by atoms with van der Waals surface area (Å²) in [6.07, 6.45) is 0.359. The van der Waals surface area contributed by atoms with Crippen molar-refractivity contribution in [1.29, 1.82) is 5.26 Å². The van der Waals surface area contributed by atoms with Gasteiger partial charge in [-0.15, -0.1) is 0 Å². The molecule has 1 saturated heterocycles. The Morgan fingerprint density at radius 2 is 2.35 bits per heavy atom. The van der Waals surface area contributed by atoms with Crippen LogP contribution in [0.2, 0.25) is 0 Å². The highest BCUT2D eigenvalue weighted by Crippen LogP contribution is 2.17. The van der Waals surface area contributed by atoms with Crippen molar-refractivity contribution in [3.8, 4) is 6.07 Å². The molecular weight excluding hydrogens is 256 g/mol. The lowest BCUT2D eigenvalue weighted by molar-refractivity contribution is -0.152. The van der Waals surface area contributed by atoms with Crippen molar-refractivity contribution < 1.29 is 14.3 Å². The maximum absolute atomic E-state index is 11.7. The Labute approximate surface area is 117 Å². The number of ether oxygens (including phenoxy) is 1. The van der Waals surface area contributed by atoms with Crippen molar-refractivity contribution in [3.63, 3.8) is 0 Å². The van der Waals surface area contributed by atoms with Gasteiger partial charge in [0.05, 0.1) is 18.7 Å². The molecule has 1 aromatic rings. The van der Waals surface area contributed by atoms with Gasteiger partial charge in [-0.25, -0.2) is 0 Å². The van der Waals surface area contributed by atoms with Crippen molar-refractivity contribution in [3.05, 3.63) is 35.4 Å². The second-order valence-corrected chi connectivity index (χ2v) is 4.84. The molecule has 104 valence electrons. The molecule has 1 aromatic carbocycles. The van der Waals surface area contributed by atoms with E-state index >= 15 is 0 Å².